The van der Waals surface area contributed by atoms with Crippen molar-refractivity contribution in [1.82, 2.24) is 5.32 Å². The molecule has 2 fully saturated rings. The zero-order chi connectivity index (χ0) is 18.0. The topological polar surface area (TPSA) is 61.4 Å². The lowest BCUT2D eigenvalue weighted by molar-refractivity contribution is -0.997. The van der Waals surface area contributed by atoms with Crippen molar-refractivity contribution in [3.05, 3.63) is 0 Å². The van der Waals surface area contributed by atoms with Gasteiger partial charge in [0.1, 0.15) is 6.09 Å². The van der Waals surface area contributed by atoms with Crippen LogP contribution in [0.2, 0.25) is 0 Å². The van der Waals surface area contributed by atoms with Crippen LogP contribution in [0.3, 0.4) is 0 Å². The highest BCUT2D eigenvalue weighted by Gasteiger charge is 2.49. The summed E-state index contributed by atoms with van der Waals surface area (Å²) in [5.41, 5.74) is 0.183. The van der Waals surface area contributed by atoms with E-state index in [9.17, 15) is 9.90 Å². The average molecular weight is 341 g/mol. The van der Waals surface area contributed by atoms with Gasteiger partial charge in [0, 0.05) is 31.7 Å². The summed E-state index contributed by atoms with van der Waals surface area (Å²) in [6, 6.07) is 0.727. The fourth-order valence-electron chi connectivity index (χ4n) is 4.98. The summed E-state index contributed by atoms with van der Waals surface area (Å²) in [5, 5.41) is 13.4. The van der Waals surface area contributed by atoms with E-state index >= 15 is 0 Å². The molecule has 1 aliphatic heterocycles. The molecule has 0 radical (unpaired) electrons. The van der Waals surface area contributed by atoms with Gasteiger partial charge in [-0.15, -0.1) is 0 Å². The van der Waals surface area contributed by atoms with E-state index in [1.54, 1.807) is 0 Å². The third kappa shape index (κ3) is 4.42. The van der Waals surface area contributed by atoms with Gasteiger partial charge in [0.25, 0.3) is 0 Å². The number of likely N-dealkylation sites (tertiary alicyclic amines) is 1. The van der Waals surface area contributed by atoms with Crippen LogP contribution >= 0.6 is 0 Å². The monoisotopic (exact) mass is 340 g/mol. The summed E-state index contributed by atoms with van der Waals surface area (Å²) in [6.07, 6.45) is 6.14. The van der Waals surface area contributed by atoms with Crippen LogP contribution in [0.4, 0.5) is 4.79 Å². The Bertz CT molecular complexity index is 415. The Balaban J connectivity index is 2.02. The fraction of sp³-hybridized carbons (Fsp3) is 0.947. The summed E-state index contributed by atoms with van der Waals surface area (Å²) in [5.74, 6) is 0. The van der Waals surface area contributed by atoms with E-state index in [4.69, 9.17) is 4.74 Å². The molecule has 1 aliphatic carbocycles. The van der Waals surface area contributed by atoms with Crippen molar-refractivity contribution in [2.24, 2.45) is 0 Å². The quantitative estimate of drug-likeness (QED) is 0.800. The van der Waals surface area contributed by atoms with Crippen molar-refractivity contribution in [2.75, 3.05) is 13.1 Å². The van der Waals surface area contributed by atoms with Gasteiger partial charge in [-0.05, 0) is 47.5 Å². The van der Waals surface area contributed by atoms with Crippen molar-refractivity contribution < 1.29 is 19.1 Å². The van der Waals surface area contributed by atoms with Gasteiger partial charge >= 0.3 is 0 Å². The van der Waals surface area contributed by atoms with E-state index in [1.165, 1.54) is 12.8 Å². The van der Waals surface area contributed by atoms with E-state index in [0.717, 1.165) is 43.3 Å². The number of rotatable bonds is 4. The molecule has 1 saturated carbocycles. The van der Waals surface area contributed by atoms with Crippen LogP contribution in [0.5, 0.6) is 0 Å². The van der Waals surface area contributed by atoms with Crippen LogP contribution in [0, 0.1) is 0 Å². The number of nitrogens with zero attached hydrogens (tertiary/aromatic N) is 1. The molecule has 140 valence electrons. The van der Waals surface area contributed by atoms with Gasteiger partial charge in [-0.2, -0.15) is 0 Å². The third-order valence-electron chi connectivity index (χ3n) is 6.22. The largest absolute Gasteiger partial charge is 0.530 e. The molecular formula is C19H36N2O3. The first-order valence-corrected chi connectivity index (χ1v) is 9.64. The van der Waals surface area contributed by atoms with Crippen LogP contribution < -0.4 is 10.4 Å². The highest BCUT2D eigenvalue weighted by molar-refractivity contribution is 5.62. The molecule has 1 amide bonds. The first-order chi connectivity index (χ1) is 11.1. The molecule has 0 aromatic carbocycles. The van der Waals surface area contributed by atoms with Crippen LogP contribution in [-0.4, -0.2) is 53.5 Å². The molecule has 0 spiro atoms. The van der Waals surface area contributed by atoms with Gasteiger partial charge in [-0.1, -0.05) is 0 Å². The SMILES string of the molecule is CC(C)O[C@H]1CC[C@H]([N+]2(C(C)(C)C)CCC(NC(=O)[O-])CC2)CC1. The molecular weight excluding hydrogens is 304 g/mol. The summed E-state index contributed by atoms with van der Waals surface area (Å²) < 4.78 is 7.13. The fourth-order valence-corrected chi connectivity index (χ4v) is 4.98. The lowest BCUT2D eigenvalue weighted by Crippen LogP contribution is -2.70. The molecule has 2 aliphatic rings. The summed E-state index contributed by atoms with van der Waals surface area (Å²) >= 11 is 0. The van der Waals surface area contributed by atoms with E-state index < -0.39 is 6.09 Å². The molecule has 0 aromatic heterocycles. The van der Waals surface area contributed by atoms with Gasteiger partial charge < -0.3 is 24.4 Å². The Morgan fingerprint density at radius 3 is 2.04 bits per heavy atom. The number of ether oxygens (including phenoxy) is 1. The van der Waals surface area contributed by atoms with Gasteiger partial charge in [-0.3, -0.25) is 0 Å². The first kappa shape index (κ1) is 19.5. The van der Waals surface area contributed by atoms with Crippen LogP contribution in [0.15, 0.2) is 0 Å². The Labute approximate surface area is 147 Å². The molecule has 1 N–H and O–H groups in total. The van der Waals surface area contributed by atoms with Gasteiger partial charge in [-0.25, -0.2) is 0 Å². The number of carboxylic acid groups (broad SMARTS) is 1. The van der Waals surface area contributed by atoms with Crippen LogP contribution in [0.1, 0.15) is 73.1 Å². The average Bonchev–Trinajstić information content (AvgIpc) is 2.46. The normalized spacial score (nSPS) is 35.0. The molecule has 5 heteroatoms. The van der Waals surface area contributed by atoms with E-state index in [2.05, 4.69) is 39.9 Å². The Morgan fingerprint density at radius 2 is 1.62 bits per heavy atom. The molecule has 1 saturated heterocycles. The highest BCUT2D eigenvalue weighted by atomic mass is 16.5. The molecule has 0 unspecified atom stereocenters. The van der Waals surface area contributed by atoms with Crippen LogP contribution in [-0.2, 0) is 4.74 Å². The number of nitrogens with one attached hydrogen (secondary N) is 1. The second kappa shape index (κ2) is 7.61. The summed E-state index contributed by atoms with van der Waals surface area (Å²) in [7, 11) is 0. The molecule has 5 nitrogen and oxygen atoms in total. The molecule has 2 rings (SSSR count). The number of hydrogen-bond donors (Lipinski definition) is 1. The molecule has 1 heterocycles. The maximum absolute atomic E-state index is 10.8. The van der Waals surface area contributed by atoms with Gasteiger partial charge in [0.2, 0.25) is 0 Å². The smallest absolute Gasteiger partial charge is 0.134 e. The minimum absolute atomic E-state index is 0.0595. The van der Waals surface area contributed by atoms with Crippen molar-refractivity contribution >= 4 is 6.09 Å². The molecule has 24 heavy (non-hydrogen) atoms. The zero-order valence-electron chi connectivity index (χ0n) is 16.1. The second-order valence-corrected chi connectivity index (χ2v) is 8.97. The maximum Gasteiger partial charge on any atom is 0.134 e. The Kier molecular flexibility index (Phi) is 6.19. The zero-order valence-corrected chi connectivity index (χ0v) is 16.1. The van der Waals surface area contributed by atoms with Gasteiger partial charge in [0.05, 0.1) is 36.9 Å². The number of piperidine rings is 1. The van der Waals surface area contributed by atoms with Crippen molar-refractivity contribution in [2.45, 2.75) is 103 Å². The lowest BCUT2D eigenvalue weighted by atomic mass is 9.83. The predicted molar refractivity (Wildman–Crippen MR) is 93.6 cm³/mol. The minimum atomic E-state index is -1.14. The predicted octanol–water partition coefficient (Wildman–Crippen LogP) is 2.43. The number of carbonyl (C=O) groups excluding carboxylic acids is 1. The van der Waals surface area contributed by atoms with Gasteiger partial charge in [0.15, 0.2) is 0 Å². The standard InChI is InChI=1S/C19H36N2O3/c1-14(2)24-17-8-6-16(7-9-17)21(19(3,4)5)12-10-15(11-13-21)20-18(22)23/h14-17,20H,6-13H2,1-5H3/t15?,16-,17-,21?. The van der Waals surface area contributed by atoms with E-state index in [-0.39, 0.29) is 11.6 Å². The molecule has 0 atom stereocenters. The summed E-state index contributed by atoms with van der Waals surface area (Å²) in [6.45, 7) is 13.4. The first-order valence-electron chi connectivity index (χ1n) is 9.64. The lowest BCUT2D eigenvalue weighted by Gasteiger charge is -2.58. The Hall–Kier alpha value is -0.810. The second-order valence-electron chi connectivity index (χ2n) is 8.97. The molecule has 0 aromatic rings. The van der Waals surface area contributed by atoms with E-state index in [1.807, 2.05) is 0 Å². The molecule has 0 bridgehead atoms. The number of hydrogen-bond acceptors (Lipinski definition) is 3. The Morgan fingerprint density at radius 1 is 1.08 bits per heavy atom. The van der Waals surface area contributed by atoms with Crippen LogP contribution in [0.25, 0.3) is 0 Å². The highest BCUT2D eigenvalue weighted by Crippen LogP contribution is 2.40. The summed E-state index contributed by atoms with van der Waals surface area (Å²) in [4.78, 5) is 10.8. The number of amides is 1. The van der Waals surface area contributed by atoms with Crippen molar-refractivity contribution in [3.63, 3.8) is 0 Å². The maximum atomic E-state index is 10.8. The van der Waals surface area contributed by atoms with Crippen molar-refractivity contribution in [3.8, 4) is 0 Å². The third-order valence-corrected chi connectivity index (χ3v) is 6.22. The van der Waals surface area contributed by atoms with Crippen molar-refractivity contribution in [1.29, 1.82) is 0 Å². The number of quaternary nitrogens is 1. The minimum Gasteiger partial charge on any atom is -0.530 e. The number of carbonyl (C=O) groups is 1. The van der Waals surface area contributed by atoms with E-state index in [0.29, 0.717) is 18.2 Å².